The second-order valence-electron chi connectivity index (χ2n) is 5.95. The second kappa shape index (κ2) is 10.4. The van der Waals surface area contributed by atoms with E-state index in [-0.39, 0.29) is 5.91 Å². The Labute approximate surface area is 164 Å². The Bertz CT molecular complexity index is 841. The third-order valence-corrected chi connectivity index (χ3v) is 4.86. The van der Waals surface area contributed by atoms with Gasteiger partial charge in [0.25, 0.3) is 0 Å². The molecule has 0 saturated carbocycles. The number of hydrogen-bond acceptors (Lipinski definition) is 4. The highest BCUT2D eigenvalue weighted by Gasteiger charge is 2.04. The van der Waals surface area contributed by atoms with Crippen molar-refractivity contribution in [3.8, 4) is 5.75 Å². The monoisotopic (exact) mass is 378 g/mol. The maximum atomic E-state index is 12.0. The molecule has 1 amide bonds. The number of carbonyl (C=O) groups excluding carboxylic acids is 1. The van der Waals surface area contributed by atoms with E-state index >= 15 is 0 Å². The number of hydrogen-bond donors (Lipinski definition) is 1. The van der Waals surface area contributed by atoms with Crippen LogP contribution < -0.4 is 10.1 Å². The normalized spacial score (nSPS) is 10.4. The van der Waals surface area contributed by atoms with Gasteiger partial charge in [-0.1, -0.05) is 36.4 Å². The van der Waals surface area contributed by atoms with Gasteiger partial charge in [-0.05, 0) is 42.0 Å². The number of nitrogens with one attached hydrogen (secondary N) is 1. The first kappa shape index (κ1) is 19.0. The van der Waals surface area contributed by atoms with Gasteiger partial charge in [0, 0.05) is 29.8 Å². The average molecular weight is 378 g/mol. The summed E-state index contributed by atoms with van der Waals surface area (Å²) in [5.41, 5.74) is 1.89. The number of amides is 1. The van der Waals surface area contributed by atoms with Crippen molar-refractivity contribution in [2.75, 3.05) is 5.75 Å². The van der Waals surface area contributed by atoms with E-state index < -0.39 is 0 Å². The van der Waals surface area contributed by atoms with Gasteiger partial charge < -0.3 is 10.1 Å². The summed E-state index contributed by atoms with van der Waals surface area (Å²) < 4.78 is 5.77. The van der Waals surface area contributed by atoms with Gasteiger partial charge in [0.2, 0.25) is 5.91 Å². The molecular weight excluding hydrogens is 356 g/mol. The number of benzene rings is 2. The fourth-order valence-electron chi connectivity index (χ4n) is 2.45. The van der Waals surface area contributed by atoms with E-state index in [4.69, 9.17) is 4.74 Å². The van der Waals surface area contributed by atoms with Crippen molar-refractivity contribution < 1.29 is 9.53 Å². The molecule has 0 aliphatic heterocycles. The number of thioether (sulfide) groups is 1. The van der Waals surface area contributed by atoms with Gasteiger partial charge in [-0.2, -0.15) is 0 Å². The zero-order valence-corrected chi connectivity index (χ0v) is 15.8. The number of ether oxygens (including phenoxy) is 1. The van der Waals surface area contributed by atoms with E-state index in [1.54, 1.807) is 18.0 Å². The second-order valence-corrected chi connectivity index (χ2v) is 7.11. The lowest BCUT2D eigenvalue weighted by molar-refractivity contribution is -0.120. The van der Waals surface area contributed by atoms with Crippen molar-refractivity contribution in [3.05, 3.63) is 90.3 Å². The minimum absolute atomic E-state index is 0.0539. The average Bonchev–Trinajstić information content (AvgIpc) is 2.73. The zero-order valence-electron chi connectivity index (χ0n) is 15.0. The Morgan fingerprint density at radius 1 is 1.00 bits per heavy atom. The third kappa shape index (κ3) is 6.79. The minimum atomic E-state index is 0.0539. The summed E-state index contributed by atoms with van der Waals surface area (Å²) in [5.74, 6) is 1.59. The van der Waals surface area contributed by atoms with Crippen molar-refractivity contribution in [2.24, 2.45) is 0 Å². The molecule has 0 atom stereocenters. The first-order chi connectivity index (χ1) is 13.3. The molecule has 2 aromatic carbocycles. The number of rotatable bonds is 9. The van der Waals surface area contributed by atoms with E-state index in [1.807, 2.05) is 60.7 Å². The predicted octanol–water partition coefficient (Wildman–Crippen LogP) is 4.46. The Morgan fingerprint density at radius 2 is 1.85 bits per heavy atom. The summed E-state index contributed by atoms with van der Waals surface area (Å²) >= 11 is 1.69. The molecule has 3 rings (SSSR count). The van der Waals surface area contributed by atoms with Gasteiger partial charge in [-0.3, -0.25) is 9.78 Å². The molecule has 0 bridgehead atoms. The number of aromatic nitrogens is 1. The molecule has 4 nitrogen and oxygen atoms in total. The van der Waals surface area contributed by atoms with E-state index in [2.05, 4.69) is 22.4 Å². The summed E-state index contributed by atoms with van der Waals surface area (Å²) in [6.07, 6.45) is 2.25. The molecule has 5 heteroatoms. The highest BCUT2D eigenvalue weighted by atomic mass is 32.2. The molecule has 0 saturated heterocycles. The van der Waals surface area contributed by atoms with E-state index in [0.29, 0.717) is 19.6 Å². The van der Waals surface area contributed by atoms with Gasteiger partial charge in [0.05, 0.1) is 5.69 Å². The highest BCUT2D eigenvalue weighted by Crippen LogP contribution is 2.18. The minimum Gasteiger partial charge on any atom is -0.487 e. The third-order valence-electron chi connectivity index (χ3n) is 3.84. The smallest absolute Gasteiger partial charge is 0.221 e. The van der Waals surface area contributed by atoms with Crippen molar-refractivity contribution in [2.45, 2.75) is 24.5 Å². The highest BCUT2D eigenvalue weighted by molar-refractivity contribution is 7.99. The first-order valence-electron chi connectivity index (χ1n) is 8.86. The number of pyridine rings is 1. The van der Waals surface area contributed by atoms with E-state index in [1.165, 1.54) is 4.90 Å². The standard InChI is InChI=1S/C22H22N2O2S/c25-22(12-14-27-21-10-2-1-3-11-21)24-16-18-7-6-9-20(15-18)26-17-19-8-4-5-13-23-19/h1-11,13,15H,12,14,16-17H2,(H,24,25). The van der Waals surface area contributed by atoms with Crippen molar-refractivity contribution >= 4 is 17.7 Å². The van der Waals surface area contributed by atoms with Crippen molar-refractivity contribution in [3.63, 3.8) is 0 Å². The maximum Gasteiger partial charge on any atom is 0.221 e. The molecule has 0 fully saturated rings. The lowest BCUT2D eigenvalue weighted by atomic mass is 10.2. The maximum absolute atomic E-state index is 12.0. The molecule has 1 aromatic heterocycles. The van der Waals surface area contributed by atoms with Crippen LogP contribution in [0.2, 0.25) is 0 Å². The molecule has 1 heterocycles. The van der Waals surface area contributed by atoms with E-state index in [0.717, 1.165) is 22.8 Å². The van der Waals surface area contributed by atoms with Crippen LogP contribution in [0.3, 0.4) is 0 Å². The Kier molecular flexibility index (Phi) is 7.30. The Morgan fingerprint density at radius 3 is 2.67 bits per heavy atom. The Balaban J connectivity index is 1.40. The zero-order chi connectivity index (χ0) is 18.7. The van der Waals surface area contributed by atoms with Crippen LogP contribution >= 0.6 is 11.8 Å². The fourth-order valence-corrected chi connectivity index (χ4v) is 3.33. The molecule has 0 unspecified atom stereocenters. The van der Waals surface area contributed by atoms with Gasteiger partial charge in [-0.25, -0.2) is 0 Å². The van der Waals surface area contributed by atoms with Crippen LogP contribution in [-0.2, 0) is 17.9 Å². The lowest BCUT2D eigenvalue weighted by Gasteiger charge is -2.09. The fraction of sp³-hybridized carbons (Fsp3) is 0.182. The number of carbonyl (C=O) groups is 1. The summed E-state index contributed by atoms with van der Waals surface area (Å²) in [6.45, 7) is 0.920. The number of nitrogens with zero attached hydrogens (tertiary/aromatic N) is 1. The summed E-state index contributed by atoms with van der Waals surface area (Å²) in [7, 11) is 0. The van der Waals surface area contributed by atoms with Gasteiger partial charge in [-0.15, -0.1) is 11.8 Å². The van der Waals surface area contributed by atoms with Crippen LogP contribution in [0, 0.1) is 0 Å². The molecule has 1 N–H and O–H groups in total. The van der Waals surface area contributed by atoms with Gasteiger partial charge >= 0.3 is 0 Å². The molecule has 0 aliphatic carbocycles. The topological polar surface area (TPSA) is 51.2 Å². The van der Waals surface area contributed by atoms with Crippen LogP contribution in [0.25, 0.3) is 0 Å². The van der Waals surface area contributed by atoms with Crippen LogP contribution in [0.1, 0.15) is 17.7 Å². The SMILES string of the molecule is O=C(CCSc1ccccc1)NCc1cccc(OCc2ccccn2)c1. The van der Waals surface area contributed by atoms with Crippen LogP contribution in [0.15, 0.2) is 83.9 Å². The van der Waals surface area contributed by atoms with Crippen molar-refractivity contribution in [1.82, 2.24) is 10.3 Å². The molecule has 138 valence electrons. The van der Waals surface area contributed by atoms with Crippen LogP contribution in [-0.4, -0.2) is 16.6 Å². The quantitative estimate of drug-likeness (QED) is 0.559. The Hall–Kier alpha value is -2.79. The summed E-state index contributed by atoms with van der Waals surface area (Å²) in [4.78, 5) is 17.5. The molecule has 27 heavy (non-hydrogen) atoms. The lowest BCUT2D eigenvalue weighted by Crippen LogP contribution is -2.23. The summed E-state index contributed by atoms with van der Waals surface area (Å²) in [5, 5.41) is 2.97. The first-order valence-corrected chi connectivity index (χ1v) is 9.84. The predicted molar refractivity (Wildman–Crippen MR) is 109 cm³/mol. The summed E-state index contributed by atoms with van der Waals surface area (Å²) in [6, 6.07) is 23.6. The van der Waals surface area contributed by atoms with E-state index in [9.17, 15) is 4.79 Å². The van der Waals surface area contributed by atoms with Crippen LogP contribution in [0.5, 0.6) is 5.75 Å². The largest absolute Gasteiger partial charge is 0.487 e. The molecular formula is C22H22N2O2S. The van der Waals surface area contributed by atoms with Gasteiger partial charge in [0.15, 0.2) is 0 Å². The van der Waals surface area contributed by atoms with Gasteiger partial charge in [0.1, 0.15) is 12.4 Å². The molecule has 0 radical (unpaired) electrons. The van der Waals surface area contributed by atoms with Crippen molar-refractivity contribution in [1.29, 1.82) is 0 Å². The molecule has 3 aromatic rings. The molecule has 0 spiro atoms. The van der Waals surface area contributed by atoms with Crippen LogP contribution in [0.4, 0.5) is 0 Å². The molecule has 0 aliphatic rings.